The fraction of sp³-hybridized carbons (Fsp3) is 0.0909. The maximum absolute atomic E-state index is 12.3. The summed E-state index contributed by atoms with van der Waals surface area (Å²) in [4.78, 5) is 7.84. The first-order valence-electron chi connectivity index (χ1n) is 5.50. The molecule has 2 heterocycles. The van der Waals surface area contributed by atoms with E-state index in [-0.39, 0.29) is 16.5 Å². The van der Waals surface area contributed by atoms with Crippen LogP contribution >= 0.6 is 15.9 Å². The molecular weight excluding hydrogens is 346 g/mol. The Morgan fingerprint density at radius 2 is 2.05 bits per heavy atom. The Kier molecular flexibility index (Phi) is 4.21. The van der Waals surface area contributed by atoms with Gasteiger partial charge in [0, 0.05) is 16.9 Å². The van der Waals surface area contributed by atoms with Crippen LogP contribution in [-0.2, 0) is 10.0 Å². The van der Waals surface area contributed by atoms with Crippen LogP contribution in [0.25, 0.3) is 0 Å². The smallest absolute Gasteiger partial charge is 0.266 e. The van der Waals surface area contributed by atoms with E-state index in [4.69, 9.17) is 5.84 Å². The van der Waals surface area contributed by atoms with Crippen LogP contribution in [-0.4, -0.2) is 18.4 Å². The molecule has 0 unspecified atom stereocenters. The van der Waals surface area contributed by atoms with Crippen molar-refractivity contribution in [2.45, 2.75) is 11.8 Å². The molecule has 0 spiro atoms. The number of aromatic nitrogens is 2. The van der Waals surface area contributed by atoms with Crippen molar-refractivity contribution >= 4 is 37.6 Å². The predicted octanol–water partition coefficient (Wildman–Crippen LogP) is 1.63. The van der Waals surface area contributed by atoms with Crippen LogP contribution in [0, 0.1) is 6.92 Å². The number of pyridine rings is 2. The Hall–Kier alpha value is -1.71. The van der Waals surface area contributed by atoms with Gasteiger partial charge in [-0.25, -0.2) is 24.2 Å². The minimum Gasteiger partial charge on any atom is -0.307 e. The fourth-order valence-corrected chi connectivity index (χ4v) is 3.19. The summed E-state index contributed by atoms with van der Waals surface area (Å²) >= 11 is 3.27. The second-order valence-electron chi connectivity index (χ2n) is 3.92. The number of hydrazine groups is 1. The third-order valence-corrected chi connectivity index (χ3v) is 4.28. The minimum absolute atomic E-state index is 0.0494. The van der Waals surface area contributed by atoms with E-state index in [1.54, 1.807) is 13.0 Å². The zero-order valence-electron chi connectivity index (χ0n) is 10.5. The van der Waals surface area contributed by atoms with Crippen LogP contribution in [0.5, 0.6) is 0 Å². The van der Waals surface area contributed by atoms with Crippen molar-refractivity contribution in [3.63, 3.8) is 0 Å². The van der Waals surface area contributed by atoms with Gasteiger partial charge in [-0.15, -0.1) is 0 Å². The van der Waals surface area contributed by atoms with Gasteiger partial charge in [-0.05, 0) is 46.6 Å². The minimum atomic E-state index is -3.82. The number of hydrogen-bond acceptors (Lipinski definition) is 6. The summed E-state index contributed by atoms with van der Waals surface area (Å²) in [6.45, 7) is 1.75. The van der Waals surface area contributed by atoms with Crippen LogP contribution in [0.4, 0.5) is 11.6 Å². The average molecular weight is 358 g/mol. The van der Waals surface area contributed by atoms with E-state index in [1.165, 1.54) is 24.5 Å². The van der Waals surface area contributed by atoms with Gasteiger partial charge in [0.05, 0.1) is 0 Å². The second-order valence-corrected chi connectivity index (χ2v) is 6.49. The molecule has 0 aliphatic rings. The number of anilines is 2. The zero-order valence-corrected chi connectivity index (χ0v) is 12.9. The first-order valence-corrected chi connectivity index (χ1v) is 7.78. The standard InChI is InChI=1S/C11H12BrN5O2S/c1-7-5-8(12)6-15-10(7)17-20(18,19)9-3-2-4-14-11(9)16-13/h2-6H,13H2,1H3,(H,14,16)(H,15,17). The van der Waals surface area contributed by atoms with Crippen molar-refractivity contribution in [1.29, 1.82) is 0 Å². The summed E-state index contributed by atoms with van der Waals surface area (Å²) in [7, 11) is -3.82. The molecule has 0 aliphatic carbocycles. The van der Waals surface area contributed by atoms with Gasteiger partial charge in [0.1, 0.15) is 10.7 Å². The Morgan fingerprint density at radius 3 is 2.70 bits per heavy atom. The largest absolute Gasteiger partial charge is 0.307 e. The molecule has 106 valence electrons. The highest BCUT2D eigenvalue weighted by Gasteiger charge is 2.20. The molecule has 2 aromatic rings. The number of halogens is 1. The molecular formula is C11H12BrN5O2S. The maximum Gasteiger partial charge on any atom is 0.266 e. The lowest BCUT2D eigenvalue weighted by atomic mass is 10.3. The average Bonchev–Trinajstić information content (AvgIpc) is 2.42. The molecule has 0 saturated carbocycles. The number of nitrogens with two attached hydrogens (primary N) is 1. The van der Waals surface area contributed by atoms with Crippen LogP contribution in [0.2, 0.25) is 0 Å². The zero-order chi connectivity index (χ0) is 14.8. The van der Waals surface area contributed by atoms with Crippen LogP contribution in [0.3, 0.4) is 0 Å². The molecule has 7 nitrogen and oxygen atoms in total. The Balaban J connectivity index is 2.41. The van der Waals surface area contributed by atoms with Crippen molar-refractivity contribution in [3.05, 3.63) is 40.6 Å². The quantitative estimate of drug-likeness (QED) is 0.566. The van der Waals surface area contributed by atoms with Gasteiger partial charge in [0.15, 0.2) is 5.82 Å². The van der Waals surface area contributed by atoms with E-state index in [0.29, 0.717) is 5.56 Å². The summed E-state index contributed by atoms with van der Waals surface area (Å²) in [6.07, 6.45) is 2.95. The van der Waals surface area contributed by atoms with E-state index >= 15 is 0 Å². The number of nitrogens with zero attached hydrogens (tertiary/aromatic N) is 2. The SMILES string of the molecule is Cc1cc(Br)cnc1NS(=O)(=O)c1cccnc1NN. The highest BCUT2D eigenvalue weighted by molar-refractivity contribution is 9.10. The maximum atomic E-state index is 12.3. The van der Waals surface area contributed by atoms with Crippen molar-refractivity contribution in [2.75, 3.05) is 10.1 Å². The summed E-state index contributed by atoms with van der Waals surface area (Å²) in [5, 5.41) is 0. The van der Waals surface area contributed by atoms with Crippen molar-refractivity contribution in [3.8, 4) is 0 Å². The van der Waals surface area contributed by atoms with E-state index < -0.39 is 10.0 Å². The highest BCUT2D eigenvalue weighted by Crippen LogP contribution is 2.23. The molecule has 0 radical (unpaired) electrons. The summed E-state index contributed by atoms with van der Waals surface area (Å²) in [5.41, 5.74) is 2.94. The predicted molar refractivity (Wildman–Crippen MR) is 79.5 cm³/mol. The molecule has 0 aliphatic heterocycles. The first kappa shape index (κ1) is 14.7. The fourth-order valence-electron chi connectivity index (χ4n) is 1.55. The van der Waals surface area contributed by atoms with E-state index in [0.717, 1.165) is 4.47 Å². The van der Waals surface area contributed by atoms with E-state index in [1.807, 2.05) is 0 Å². The van der Waals surface area contributed by atoms with Gasteiger partial charge in [-0.3, -0.25) is 4.72 Å². The molecule has 0 aromatic carbocycles. The molecule has 9 heteroatoms. The number of aryl methyl sites for hydroxylation is 1. The topological polar surface area (TPSA) is 110 Å². The molecule has 0 bridgehead atoms. The molecule has 20 heavy (non-hydrogen) atoms. The lowest BCUT2D eigenvalue weighted by Crippen LogP contribution is -2.19. The Morgan fingerprint density at radius 1 is 1.30 bits per heavy atom. The van der Waals surface area contributed by atoms with Crippen LogP contribution in [0.15, 0.2) is 40.0 Å². The van der Waals surface area contributed by atoms with Gasteiger partial charge in [-0.1, -0.05) is 0 Å². The summed E-state index contributed by atoms with van der Waals surface area (Å²) in [6, 6.07) is 4.67. The van der Waals surface area contributed by atoms with Gasteiger partial charge in [0.2, 0.25) is 0 Å². The number of nitrogens with one attached hydrogen (secondary N) is 2. The number of rotatable bonds is 4. The molecule has 0 fully saturated rings. The number of sulfonamides is 1. The normalized spacial score (nSPS) is 11.2. The van der Waals surface area contributed by atoms with Crippen molar-refractivity contribution in [1.82, 2.24) is 9.97 Å². The Bertz CT molecular complexity index is 735. The van der Waals surface area contributed by atoms with Crippen molar-refractivity contribution in [2.24, 2.45) is 5.84 Å². The number of hydrogen-bond donors (Lipinski definition) is 3. The summed E-state index contributed by atoms with van der Waals surface area (Å²) in [5.74, 6) is 5.58. The van der Waals surface area contributed by atoms with Gasteiger partial charge >= 0.3 is 0 Å². The van der Waals surface area contributed by atoms with Crippen LogP contribution < -0.4 is 16.0 Å². The van der Waals surface area contributed by atoms with E-state index in [2.05, 4.69) is 36.0 Å². The molecule has 2 aromatic heterocycles. The molecule has 4 N–H and O–H groups in total. The molecule has 0 atom stereocenters. The highest BCUT2D eigenvalue weighted by atomic mass is 79.9. The molecule has 0 saturated heterocycles. The monoisotopic (exact) mass is 357 g/mol. The summed E-state index contributed by atoms with van der Waals surface area (Å²) < 4.78 is 27.8. The van der Waals surface area contributed by atoms with Gasteiger partial charge in [-0.2, -0.15) is 0 Å². The van der Waals surface area contributed by atoms with Crippen molar-refractivity contribution < 1.29 is 8.42 Å². The lowest BCUT2D eigenvalue weighted by Gasteiger charge is -2.11. The molecule has 0 amide bonds. The lowest BCUT2D eigenvalue weighted by molar-refractivity contribution is 0.601. The van der Waals surface area contributed by atoms with Gasteiger partial charge < -0.3 is 5.43 Å². The Labute approximate surface area is 124 Å². The first-order chi connectivity index (χ1) is 9.44. The van der Waals surface area contributed by atoms with Gasteiger partial charge in [0.25, 0.3) is 10.0 Å². The second kappa shape index (κ2) is 5.73. The third kappa shape index (κ3) is 3.06. The van der Waals surface area contributed by atoms with E-state index in [9.17, 15) is 8.42 Å². The van der Waals surface area contributed by atoms with Crippen LogP contribution in [0.1, 0.15) is 5.56 Å². The number of nitrogen functional groups attached to an aromatic ring is 1. The third-order valence-electron chi connectivity index (χ3n) is 2.47. The molecule has 2 rings (SSSR count).